The summed E-state index contributed by atoms with van der Waals surface area (Å²) in [7, 11) is 0. The van der Waals surface area contributed by atoms with Gasteiger partial charge in [-0.25, -0.2) is 4.98 Å². The summed E-state index contributed by atoms with van der Waals surface area (Å²) in [6.45, 7) is 4.49. The molecule has 0 saturated carbocycles. The topological polar surface area (TPSA) is 93.4 Å². The number of aryl methyl sites for hydroxylation is 1. The number of carbonyl (C=O) groups excluding carboxylic acids is 1. The number of hydrogen-bond donors (Lipinski definition) is 2. The Kier molecular flexibility index (Phi) is 7.52. The average molecular weight is 496 g/mol. The van der Waals surface area contributed by atoms with Gasteiger partial charge < -0.3 is 15.8 Å². The van der Waals surface area contributed by atoms with Gasteiger partial charge in [0, 0.05) is 36.4 Å². The van der Waals surface area contributed by atoms with Crippen LogP contribution in [0, 0.1) is 18.8 Å². The number of carbonyl (C=O) groups is 1. The molecule has 1 aromatic heterocycles. The normalized spacial score (nSPS) is 14.1. The van der Waals surface area contributed by atoms with Crippen LogP contribution in [0.5, 0.6) is 0 Å². The average Bonchev–Trinajstić information content (AvgIpc) is 2.83. The highest BCUT2D eigenvalue weighted by Gasteiger charge is 2.31. The number of nitrogen functional groups attached to an aromatic ring is 1. The number of ether oxygens (including phenoxy) is 1. The van der Waals surface area contributed by atoms with Crippen molar-refractivity contribution in [3.63, 3.8) is 0 Å². The van der Waals surface area contributed by atoms with Crippen LogP contribution >= 0.6 is 0 Å². The molecule has 2 aromatic carbocycles. The first kappa shape index (κ1) is 25.2. The number of nitrogens with zero attached hydrogens (tertiary/aromatic N) is 3. The maximum Gasteiger partial charge on any atom is 0.416 e. The van der Waals surface area contributed by atoms with Crippen LogP contribution in [-0.2, 0) is 17.5 Å². The third kappa shape index (κ3) is 6.59. The number of amides is 1. The van der Waals surface area contributed by atoms with Crippen molar-refractivity contribution >= 4 is 17.4 Å². The number of hydrogen-bond acceptors (Lipinski definition) is 6. The second-order valence-electron chi connectivity index (χ2n) is 8.37. The number of morpholine rings is 1. The maximum absolute atomic E-state index is 13.6. The van der Waals surface area contributed by atoms with E-state index in [1.807, 2.05) is 11.8 Å². The molecule has 0 bridgehead atoms. The van der Waals surface area contributed by atoms with E-state index in [4.69, 9.17) is 10.5 Å². The van der Waals surface area contributed by atoms with Crippen molar-refractivity contribution in [2.75, 3.05) is 37.4 Å². The van der Waals surface area contributed by atoms with Crippen molar-refractivity contribution in [2.24, 2.45) is 0 Å². The van der Waals surface area contributed by atoms with Gasteiger partial charge in [0.2, 0.25) is 0 Å². The molecular formula is C26H24F3N5O2. The van der Waals surface area contributed by atoms with Gasteiger partial charge in [-0.1, -0.05) is 12.0 Å². The number of anilines is 2. The first-order valence-corrected chi connectivity index (χ1v) is 11.2. The van der Waals surface area contributed by atoms with Gasteiger partial charge in [-0.05, 0) is 54.3 Å². The zero-order valence-electron chi connectivity index (χ0n) is 19.5. The monoisotopic (exact) mass is 495 g/mol. The fourth-order valence-corrected chi connectivity index (χ4v) is 3.71. The third-order valence-corrected chi connectivity index (χ3v) is 5.57. The van der Waals surface area contributed by atoms with Gasteiger partial charge in [-0.15, -0.1) is 0 Å². The van der Waals surface area contributed by atoms with Crippen molar-refractivity contribution in [1.82, 2.24) is 14.9 Å². The second-order valence-corrected chi connectivity index (χ2v) is 8.37. The Bertz CT molecular complexity index is 1330. The highest BCUT2D eigenvalue weighted by atomic mass is 19.4. The summed E-state index contributed by atoms with van der Waals surface area (Å²) >= 11 is 0. The zero-order valence-corrected chi connectivity index (χ0v) is 19.5. The van der Waals surface area contributed by atoms with Gasteiger partial charge in [-0.3, -0.25) is 14.7 Å². The molecule has 10 heteroatoms. The van der Waals surface area contributed by atoms with Crippen molar-refractivity contribution in [3.8, 4) is 11.8 Å². The van der Waals surface area contributed by atoms with Crippen molar-refractivity contribution in [3.05, 3.63) is 82.3 Å². The Morgan fingerprint density at radius 1 is 1.14 bits per heavy atom. The molecule has 36 heavy (non-hydrogen) atoms. The molecule has 186 valence electrons. The van der Waals surface area contributed by atoms with Gasteiger partial charge in [0.05, 0.1) is 31.2 Å². The van der Waals surface area contributed by atoms with Crippen LogP contribution in [0.2, 0.25) is 0 Å². The molecule has 0 unspecified atom stereocenters. The lowest BCUT2D eigenvalue weighted by Gasteiger charge is -2.27. The van der Waals surface area contributed by atoms with E-state index in [9.17, 15) is 18.0 Å². The van der Waals surface area contributed by atoms with E-state index >= 15 is 0 Å². The first-order valence-electron chi connectivity index (χ1n) is 11.2. The highest BCUT2D eigenvalue weighted by Crippen LogP contribution is 2.32. The highest BCUT2D eigenvalue weighted by molar-refractivity contribution is 6.04. The lowest BCUT2D eigenvalue weighted by Crippen LogP contribution is -2.35. The summed E-state index contributed by atoms with van der Waals surface area (Å²) in [5.41, 5.74) is 7.37. The molecule has 1 amide bonds. The Morgan fingerprint density at radius 3 is 2.64 bits per heavy atom. The predicted molar refractivity (Wildman–Crippen MR) is 129 cm³/mol. The predicted octanol–water partition coefficient (Wildman–Crippen LogP) is 3.87. The smallest absolute Gasteiger partial charge is 0.382 e. The summed E-state index contributed by atoms with van der Waals surface area (Å²) in [6.07, 6.45) is -1.67. The van der Waals surface area contributed by atoms with E-state index < -0.39 is 17.6 Å². The molecule has 0 spiro atoms. The molecule has 1 saturated heterocycles. The molecule has 1 fully saturated rings. The maximum atomic E-state index is 13.6. The van der Waals surface area contributed by atoms with Crippen LogP contribution in [0.4, 0.5) is 24.7 Å². The Hall–Kier alpha value is -3.94. The zero-order chi connectivity index (χ0) is 25.7. The van der Waals surface area contributed by atoms with E-state index in [-0.39, 0.29) is 17.1 Å². The molecule has 3 N–H and O–H groups in total. The minimum absolute atomic E-state index is 0.0707. The Labute approximate surface area is 206 Å². The van der Waals surface area contributed by atoms with E-state index in [1.165, 1.54) is 12.4 Å². The minimum Gasteiger partial charge on any atom is -0.382 e. The Balaban J connectivity index is 1.57. The molecule has 7 nitrogen and oxygen atoms in total. The van der Waals surface area contributed by atoms with Gasteiger partial charge in [0.15, 0.2) is 0 Å². The van der Waals surface area contributed by atoms with E-state index in [0.29, 0.717) is 49.7 Å². The molecule has 1 aliphatic heterocycles. The van der Waals surface area contributed by atoms with Gasteiger partial charge in [-0.2, -0.15) is 13.2 Å². The first-order chi connectivity index (χ1) is 17.2. The number of halogens is 3. The number of rotatable bonds is 4. The number of nitrogens with two attached hydrogens (primary N) is 1. The second kappa shape index (κ2) is 10.8. The molecule has 1 aliphatic rings. The van der Waals surface area contributed by atoms with E-state index in [1.54, 1.807) is 24.3 Å². The van der Waals surface area contributed by atoms with Crippen LogP contribution in [0.1, 0.15) is 38.3 Å². The Morgan fingerprint density at radius 2 is 1.92 bits per heavy atom. The van der Waals surface area contributed by atoms with Crippen LogP contribution in [0.15, 0.2) is 48.8 Å². The van der Waals surface area contributed by atoms with Crippen LogP contribution in [0.25, 0.3) is 0 Å². The van der Waals surface area contributed by atoms with Gasteiger partial charge in [0.1, 0.15) is 11.5 Å². The lowest BCUT2D eigenvalue weighted by atomic mass is 10.0. The number of aromatic nitrogens is 2. The van der Waals surface area contributed by atoms with Crippen molar-refractivity contribution < 1.29 is 22.7 Å². The van der Waals surface area contributed by atoms with Crippen LogP contribution < -0.4 is 11.1 Å². The molecule has 0 aliphatic carbocycles. The minimum atomic E-state index is -4.54. The molecule has 0 atom stereocenters. The van der Waals surface area contributed by atoms with Crippen LogP contribution in [0.3, 0.4) is 0 Å². The SMILES string of the molecule is Cc1ccc(C(=O)Nc2cc(CN3CCOCC3)cc(C(F)(F)F)c2)cc1C#Cc1cncc(N)n1. The van der Waals surface area contributed by atoms with Crippen molar-refractivity contribution in [1.29, 1.82) is 0 Å². The fraction of sp³-hybridized carbons (Fsp3) is 0.269. The van der Waals surface area contributed by atoms with Crippen molar-refractivity contribution in [2.45, 2.75) is 19.6 Å². The molecular weight excluding hydrogens is 471 g/mol. The molecule has 2 heterocycles. The number of benzene rings is 2. The quantitative estimate of drug-likeness (QED) is 0.534. The lowest BCUT2D eigenvalue weighted by molar-refractivity contribution is -0.137. The standard InChI is InChI=1S/C26H24F3N5O2/c1-17-2-3-20(12-19(17)4-5-22-14-31-15-24(30)32-22)25(35)33-23-11-18(10-21(13-23)26(27,28)29)16-34-6-8-36-9-7-34/h2-3,10-15H,6-9,16H2,1H3,(H2,30,32)(H,33,35). The summed E-state index contributed by atoms with van der Waals surface area (Å²) in [6, 6.07) is 8.52. The van der Waals surface area contributed by atoms with E-state index in [2.05, 4.69) is 27.1 Å². The third-order valence-electron chi connectivity index (χ3n) is 5.57. The summed E-state index contributed by atoms with van der Waals surface area (Å²) in [5, 5.41) is 2.61. The summed E-state index contributed by atoms with van der Waals surface area (Å²) < 4.78 is 46.0. The number of nitrogens with one attached hydrogen (secondary N) is 1. The molecule has 4 rings (SSSR count). The van der Waals surface area contributed by atoms with E-state index in [0.717, 1.165) is 17.7 Å². The van der Waals surface area contributed by atoms with Gasteiger partial charge in [0.25, 0.3) is 5.91 Å². The van der Waals surface area contributed by atoms with Crippen LogP contribution in [-0.4, -0.2) is 47.1 Å². The fourth-order valence-electron chi connectivity index (χ4n) is 3.71. The largest absolute Gasteiger partial charge is 0.416 e. The summed E-state index contributed by atoms with van der Waals surface area (Å²) in [5.74, 6) is 5.50. The summed E-state index contributed by atoms with van der Waals surface area (Å²) in [4.78, 5) is 23.0. The van der Waals surface area contributed by atoms with Gasteiger partial charge >= 0.3 is 6.18 Å². The number of alkyl halides is 3. The molecule has 0 radical (unpaired) electrons. The molecule has 3 aromatic rings.